The second-order valence-corrected chi connectivity index (χ2v) is 7.78. The molecule has 0 saturated heterocycles. The zero-order valence-electron chi connectivity index (χ0n) is 14.3. The van der Waals surface area contributed by atoms with Crippen molar-refractivity contribution >= 4 is 28.7 Å². The van der Waals surface area contributed by atoms with E-state index in [0.717, 1.165) is 28.1 Å². The summed E-state index contributed by atoms with van der Waals surface area (Å²) in [6.45, 7) is 10.8. The van der Waals surface area contributed by atoms with E-state index in [-0.39, 0.29) is 11.2 Å². The van der Waals surface area contributed by atoms with Crippen molar-refractivity contribution in [3.63, 3.8) is 0 Å². The molecular weight excluding hydrogens is 400 g/mol. The van der Waals surface area contributed by atoms with E-state index in [1.165, 1.54) is 12.1 Å². The lowest BCUT2D eigenvalue weighted by molar-refractivity contribution is 0.563. The van der Waals surface area contributed by atoms with Crippen LogP contribution in [0.15, 0.2) is 34.4 Å². The quantitative estimate of drug-likeness (QED) is 0.500. The SMILES string of the molecule is CC(C)c1nc(C(C)(C)C)cc(-c2ccc(F)cc2)c1C=CI. The molecule has 0 atom stereocenters. The van der Waals surface area contributed by atoms with E-state index in [0.29, 0.717) is 5.92 Å². The highest BCUT2D eigenvalue weighted by Crippen LogP contribution is 2.34. The first kappa shape index (κ1) is 18.1. The Kier molecular flexibility index (Phi) is 5.61. The molecule has 1 aromatic heterocycles. The van der Waals surface area contributed by atoms with Crippen LogP contribution in [0.5, 0.6) is 0 Å². The van der Waals surface area contributed by atoms with Gasteiger partial charge in [0.05, 0.1) is 5.69 Å². The van der Waals surface area contributed by atoms with Crippen molar-refractivity contribution in [2.24, 2.45) is 0 Å². The summed E-state index contributed by atoms with van der Waals surface area (Å²) in [5.41, 5.74) is 5.36. The average Bonchev–Trinajstić information content (AvgIpc) is 2.47. The molecule has 0 saturated carbocycles. The molecule has 1 heterocycles. The number of aromatic nitrogens is 1. The Morgan fingerprint density at radius 2 is 1.74 bits per heavy atom. The summed E-state index contributed by atoms with van der Waals surface area (Å²) in [4.78, 5) is 4.94. The Labute approximate surface area is 152 Å². The van der Waals surface area contributed by atoms with E-state index in [1.807, 2.05) is 16.2 Å². The molecule has 1 aromatic carbocycles. The molecule has 0 aliphatic carbocycles. The molecule has 0 spiro atoms. The largest absolute Gasteiger partial charge is 0.256 e. The van der Waals surface area contributed by atoms with Crippen LogP contribution < -0.4 is 0 Å². The molecule has 0 aliphatic rings. The third-order valence-corrected chi connectivity index (χ3v) is 4.15. The predicted octanol–water partition coefficient (Wildman–Crippen LogP) is 6.71. The highest BCUT2D eigenvalue weighted by Gasteiger charge is 2.21. The van der Waals surface area contributed by atoms with E-state index < -0.39 is 0 Å². The zero-order chi connectivity index (χ0) is 17.2. The van der Waals surface area contributed by atoms with E-state index in [2.05, 4.69) is 69.4 Å². The van der Waals surface area contributed by atoms with Gasteiger partial charge >= 0.3 is 0 Å². The monoisotopic (exact) mass is 423 g/mol. The highest BCUT2D eigenvalue weighted by atomic mass is 127. The molecular formula is C20H23FIN. The van der Waals surface area contributed by atoms with Gasteiger partial charge in [0.1, 0.15) is 5.82 Å². The van der Waals surface area contributed by atoms with Crippen LogP contribution in [0.2, 0.25) is 0 Å². The molecule has 23 heavy (non-hydrogen) atoms. The first-order valence-electron chi connectivity index (χ1n) is 7.82. The zero-order valence-corrected chi connectivity index (χ0v) is 16.5. The van der Waals surface area contributed by atoms with Gasteiger partial charge < -0.3 is 0 Å². The van der Waals surface area contributed by atoms with Gasteiger partial charge in [-0.05, 0) is 45.4 Å². The summed E-state index contributed by atoms with van der Waals surface area (Å²) in [5.74, 6) is 0.105. The minimum absolute atomic E-state index is 0.0367. The molecule has 0 N–H and O–H groups in total. The van der Waals surface area contributed by atoms with Crippen LogP contribution in [0.3, 0.4) is 0 Å². The van der Waals surface area contributed by atoms with Gasteiger partial charge in [-0.2, -0.15) is 0 Å². The number of rotatable bonds is 3. The highest BCUT2D eigenvalue weighted by molar-refractivity contribution is 14.1. The van der Waals surface area contributed by atoms with Gasteiger partial charge in [-0.25, -0.2) is 4.39 Å². The van der Waals surface area contributed by atoms with Crippen LogP contribution in [0.4, 0.5) is 4.39 Å². The van der Waals surface area contributed by atoms with Gasteiger partial charge in [-0.3, -0.25) is 4.98 Å². The number of hydrogen-bond donors (Lipinski definition) is 0. The van der Waals surface area contributed by atoms with Crippen molar-refractivity contribution in [2.45, 2.75) is 46.0 Å². The number of pyridine rings is 1. The van der Waals surface area contributed by atoms with Gasteiger partial charge in [-0.15, -0.1) is 0 Å². The van der Waals surface area contributed by atoms with Crippen molar-refractivity contribution in [3.05, 3.63) is 57.2 Å². The lowest BCUT2D eigenvalue weighted by atomic mass is 9.86. The molecule has 0 radical (unpaired) electrons. The maximum Gasteiger partial charge on any atom is 0.123 e. The Morgan fingerprint density at radius 3 is 2.22 bits per heavy atom. The summed E-state index contributed by atoms with van der Waals surface area (Å²) in [7, 11) is 0. The van der Waals surface area contributed by atoms with Gasteiger partial charge in [0, 0.05) is 16.7 Å². The molecule has 2 rings (SSSR count). The summed E-state index contributed by atoms with van der Waals surface area (Å²) in [6, 6.07) is 8.85. The van der Waals surface area contributed by atoms with Crippen LogP contribution in [-0.2, 0) is 5.41 Å². The molecule has 0 fully saturated rings. The van der Waals surface area contributed by atoms with E-state index >= 15 is 0 Å². The summed E-state index contributed by atoms with van der Waals surface area (Å²) >= 11 is 2.23. The van der Waals surface area contributed by atoms with Crippen molar-refractivity contribution in [3.8, 4) is 11.1 Å². The van der Waals surface area contributed by atoms with E-state index in [4.69, 9.17) is 4.98 Å². The van der Waals surface area contributed by atoms with Gasteiger partial charge in [0.25, 0.3) is 0 Å². The van der Waals surface area contributed by atoms with Crippen LogP contribution in [0, 0.1) is 5.82 Å². The fourth-order valence-electron chi connectivity index (χ4n) is 2.51. The van der Waals surface area contributed by atoms with Crippen LogP contribution >= 0.6 is 22.6 Å². The fourth-order valence-corrected chi connectivity index (χ4v) is 2.87. The number of benzene rings is 1. The van der Waals surface area contributed by atoms with Crippen LogP contribution in [-0.4, -0.2) is 4.98 Å². The van der Waals surface area contributed by atoms with Crippen molar-refractivity contribution < 1.29 is 4.39 Å². The Morgan fingerprint density at radius 1 is 1.13 bits per heavy atom. The van der Waals surface area contributed by atoms with Gasteiger partial charge in [0.15, 0.2) is 0 Å². The lowest BCUT2D eigenvalue weighted by Gasteiger charge is -2.23. The first-order valence-corrected chi connectivity index (χ1v) is 9.06. The molecule has 0 unspecified atom stereocenters. The summed E-state index contributed by atoms with van der Waals surface area (Å²) < 4.78 is 15.3. The van der Waals surface area contributed by atoms with Crippen molar-refractivity contribution in [2.75, 3.05) is 0 Å². The second kappa shape index (κ2) is 7.12. The molecule has 2 aromatic rings. The maximum absolute atomic E-state index is 13.3. The topological polar surface area (TPSA) is 12.9 Å². The molecule has 1 nitrogen and oxygen atoms in total. The maximum atomic E-state index is 13.3. The number of halogens is 2. The van der Waals surface area contributed by atoms with Crippen LogP contribution in [0.1, 0.15) is 57.5 Å². The minimum atomic E-state index is -0.214. The molecule has 3 heteroatoms. The third kappa shape index (κ3) is 4.19. The lowest BCUT2D eigenvalue weighted by Crippen LogP contribution is -2.16. The average molecular weight is 423 g/mol. The van der Waals surface area contributed by atoms with E-state index in [9.17, 15) is 4.39 Å². The molecule has 0 aliphatic heterocycles. The Balaban J connectivity index is 2.80. The molecule has 122 valence electrons. The van der Waals surface area contributed by atoms with Gasteiger partial charge in [-0.1, -0.05) is 69.3 Å². The second-order valence-electron chi connectivity index (χ2n) is 7.06. The number of nitrogens with zero attached hydrogens (tertiary/aromatic N) is 1. The number of hydrogen-bond acceptors (Lipinski definition) is 1. The summed E-state index contributed by atoms with van der Waals surface area (Å²) in [5, 5.41) is 0. The Bertz CT molecular complexity index is 710. The van der Waals surface area contributed by atoms with Crippen LogP contribution in [0.25, 0.3) is 17.2 Å². The van der Waals surface area contributed by atoms with Crippen molar-refractivity contribution in [1.82, 2.24) is 4.98 Å². The normalized spacial score (nSPS) is 12.3. The first-order chi connectivity index (χ1) is 10.7. The molecule has 0 amide bonds. The predicted molar refractivity (Wildman–Crippen MR) is 105 cm³/mol. The van der Waals surface area contributed by atoms with E-state index in [1.54, 1.807) is 0 Å². The molecule has 0 bridgehead atoms. The third-order valence-electron chi connectivity index (χ3n) is 3.79. The Hall–Kier alpha value is -1.23. The summed E-state index contributed by atoms with van der Waals surface area (Å²) in [6.07, 6.45) is 2.09. The fraction of sp³-hybridized carbons (Fsp3) is 0.350. The standard InChI is InChI=1S/C20H23FIN/c1-13(2)19-16(10-11-22)17(12-18(23-19)20(3,4)5)14-6-8-15(21)9-7-14/h6-13H,1-5H3. The van der Waals surface area contributed by atoms with Crippen molar-refractivity contribution in [1.29, 1.82) is 0 Å². The smallest absolute Gasteiger partial charge is 0.123 e. The minimum Gasteiger partial charge on any atom is -0.256 e. The van der Waals surface area contributed by atoms with Gasteiger partial charge in [0.2, 0.25) is 0 Å².